The highest BCUT2D eigenvalue weighted by Crippen LogP contribution is 2.40. The van der Waals surface area contributed by atoms with Crippen LogP contribution >= 0.6 is 0 Å². The second kappa shape index (κ2) is 14.1. The Labute approximate surface area is 300 Å². The Balaban J connectivity index is 1.05. The van der Waals surface area contributed by atoms with Crippen LogP contribution in [0.5, 0.6) is 11.6 Å². The number of benzene rings is 4. The van der Waals surface area contributed by atoms with Crippen molar-refractivity contribution in [3.05, 3.63) is 144 Å². The highest BCUT2D eigenvalue weighted by atomic mass is 16.6. The molecular weight excluding hydrogens is 654 g/mol. The molecule has 12 nitrogen and oxygen atoms in total. The third-order valence-corrected chi connectivity index (χ3v) is 9.37. The van der Waals surface area contributed by atoms with E-state index in [1.54, 1.807) is 15.9 Å². The summed E-state index contributed by atoms with van der Waals surface area (Å²) in [6.07, 6.45) is 4.28. The fourth-order valence-electron chi connectivity index (χ4n) is 6.90. The molecule has 0 atom stereocenters. The first-order valence-corrected chi connectivity index (χ1v) is 17.4. The van der Waals surface area contributed by atoms with E-state index in [0.29, 0.717) is 41.6 Å². The average molecular weight is 692 g/mol. The lowest BCUT2D eigenvalue weighted by Crippen LogP contribution is -2.40. The van der Waals surface area contributed by atoms with Crippen LogP contribution in [0.1, 0.15) is 49.4 Å². The molecule has 1 saturated heterocycles. The number of rotatable bonds is 9. The maximum absolute atomic E-state index is 12.4. The van der Waals surface area contributed by atoms with E-state index in [9.17, 15) is 4.79 Å². The number of hydrogen-bond donors (Lipinski definition) is 0. The summed E-state index contributed by atoms with van der Waals surface area (Å²) in [5.74, 6) is 1.48. The number of amides is 1. The van der Waals surface area contributed by atoms with Gasteiger partial charge in [-0.05, 0) is 72.9 Å². The van der Waals surface area contributed by atoms with Crippen molar-refractivity contribution >= 4 is 17.1 Å². The number of likely N-dealkylation sites (tertiary alicyclic amines) is 1. The van der Waals surface area contributed by atoms with Gasteiger partial charge in [0, 0.05) is 18.7 Å². The van der Waals surface area contributed by atoms with Crippen LogP contribution in [-0.4, -0.2) is 70.1 Å². The molecule has 7 aromatic rings. The summed E-state index contributed by atoms with van der Waals surface area (Å²) < 4.78 is 13.5. The van der Waals surface area contributed by atoms with Gasteiger partial charge in [-0.3, -0.25) is 0 Å². The molecule has 4 aromatic carbocycles. The largest absolute Gasteiger partial charge is 0.447 e. The Bertz CT molecular complexity index is 2170. The molecule has 12 heteroatoms. The van der Waals surface area contributed by atoms with Crippen molar-refractivity contribution in [1.82, 2.24) is 44.9 Å². The number of aromatic nitrogens is 8. The third kappa shape index (κ3) is 6.12. The lowest BCUT2D eigenvalue weighted by Gasteiger charge is -2.34. The summed E-state index contributed by atoms with van der Waals surface area (Å²) in [4.78, 5) is 24.8. The Kier molecular flexibility index (Phi) is 8.86. The molecule has 8 rings (SSSR count). The third-order valence-electron chi connectivity index (χ3n) is 9.37. The monoisotopic (exact) mass is 691 g/mol. The molecule has 52 heavy (non-hydrogen) atoms. The number of nitrogens with zero attached hydrogens (tertiary/aromatic N) is 9. The average Bonchev–Trinajstić information content (AvgIpc) is 3.86. The summed E-state index contributed by atoms with van der Waals surface area (Å²) in [5.41, 5.74) is 3.64. The number of ether oxygens (including phenoxy) is 2. The Hall–Kier alpha value is -6.43. The van der Waals surface area contributed by atoms with E-state index >= 15 is 0 Å². The summed E-state index contributed by atoms with van der Waals surface area (Å²) in [6, 6.07) is 38.4. The number of hydrogen-bond acceptors (Lipinski definition) is 9. The molecule has 1 fully saturated rings. The Morgan fingerprint density at radius 2 is 1.38 bits per heavy atom. The lowest BCUT2D eigenvalue weighted by molar-refractivity contribution is 0.0656. The van der Waals surface area contributed by atoms with Crippen LogP contribution < -0.4 is 4.74 Å². The zero-order chi connectivity index (χ0) is 35.5. The van der Waals surface area contributed by atoms with Crippen LogP contribution in [0, 0.1) is 0 Å². The normalized spacial score (nSPS) is 13.8. The van der Waals surface area contributed by atoms with Gasteiger partial charge in [-0.1, -0.05) is 91.0 Å². The van der Waals surface area contributed by atoms with Crippen molar-refractivity contribution in [3.8, 4) is 23.0 Å². The molecule has 0 unspecified atom stereocenters. The molecule has 260 valence electrons. The standard InChI is InChI=1S/C40H37N9O3/c1-28(2)51-39(50)47-24-22-33(23-25-47)48-37-35(26-43-48)38(42-27-41-37)52-34-20-18-29(19-21-34)36-44-46-49(45-36)40(30-12-6-3-7-13-30,31-14-8-4-9-15-31)32-16-10-5-11-17-32/h3-21,26-28,33H,22-25H2,1-2H3. The van der Waals surface area contributed by atoms with Crippen LogP contribution in [0.3, 0.4) is 0 Å². The van der Waals surface area contributed by atoms with E-state index in [4.69, 9.17) is 14.6 Å². The molecule has 3 aromatic heterocycles. The highest BCUT2D eigenvalue weighted by molar-refractivity contribution is 5.80. The van der Waals surface area contributed by atoms with E-state index in [-0.39, 0.29) is 18.2 Å². The smallest absolute Gasteiger partial charge is 0.410 e. The summed E-state index contributed by atoms with van der Waals surface area (Å²) in [6.45, 7) is 4.89. The second-order valence-corrected chi connectivity index (χ2v) is 13.0. The SMILES string of the molecule is CC(C)OC(=O)N1CCC(n2ncc3c(Oc4ccc(-c5nnn(C(c6ccccc6)(c6ccccc6)c6ccccc6)n5)cc4)ncnc32)CC1. The fourth-order valence-corrected chi connectivity index (χ4v) is 6.90. The first-order valence-electron chi connectivity index (χ1n) is 17.4. The maximum Gasteiger partial charge on any atom is 0.410 e. The molecule has 0 radical (unpaired) electrons. The van der Waals surface area contributed by atoms with Crippen LogP contribution in [0.4, 0.5) is 4.79 Å². The molecule has 0 bridgehead atoms. The van der Waals surface area contributed by atoms with Crippen molar-refractivity contribution in [2.75, 3.05) is 13.1 Å². The quantitative estimate of drug-likeness (QED) is 0.143. The van der Waals surface area contributed by atoms with Gasteiger partial charge < -0.3 is 14.4 Å². The van der Waals surface area contributed by atoms with Gasteiger partial charge in [-0.25, -0.2) is 19.4 Å². The molecule has 1 aliphatic heterocycles. The van der Waals surface area contributed by atoms with E-state index in [0.717, 1.165) is 35.1 Å². The molecule has 1 amide bonds. The Morgan fingerprint density at radius 3 is 1.96 bits per heavy atom. The minimum absolute atomic E-state index is 0.0907. The van der Waals surface area contributed by atoms with Crippen molar-refractivity contribution in [3.63, 3.8) is 0 Å². The zero-order valence-corrected chi connectivity index (χ0v) is 28.9. The van der Waals surface area contributed by atoms with E-state index in [2.05, 4.69) is 61.8 Å². The minimum atomic E-state index is -0.864. The second-order valence-electron chi connectivity index (χ2n) is 13.0. The first-order chi connectivity index (χ1) is 25.5. The van der Waals surface area contributed by atoms with Crippen LogP contribution in [-0.2, 0) is 10.3 Å². The van der Waals surface area contributed by atoms with Crippen molar-refractivity contribution in [1.29, 1.82) is 0 Å². The predicted octanol–water partition coefficient (Wildman–Crippen LogP) is 7.29. The fraction of sp³-hybridized carbons (Fsp3) is 0.225. The van der Waals surface area contributed by atoms with Crippen molar-refractivity contribution < 1.29 is 14.3 Å². The summed E-state index contributed by atoms with van der Waals surface area (Å²) >= 11 is 0. The van der Waals surface area contributed by atoms with Gasteiger partial charge in [0.15, 0.2) is 11.2 Å². The molecule has 0 aliphatic carbocycles. The minimum Gasteiger partial charge on any atom is -0.447 e. The highest BCUT2D eigenvalue weighted by Gasteiger charge is 2.41. The number of fused-ring (bicyclic) bond motifs is 1. The number of tetrazole rings is 1. The molecule has 4 heterocycles. The van der Waals surface area contributed by atoms with Crippen LogP contribution in [0.2, 0.25) is 0 Å². The number of carbonyl (C=O) groups excluding carboxylic acids is 1. The predicted molar refractivity (Wildman–Crippen MR) is 195 cm³/mol. The zero-order valence-electron chi connectivity index (χ0n) is 28.9. The molecule has 0 N–H and O–H groups in total. The lowest BCUT2D eigenvalue weighted by atomic mass is 9.77. The van der Waals surface area contributed by atoms with E-state index in [1.807, 2.05) is 97.4 Å². The molecule has 0 saturated carbocycles. The Morgan fingerprint density at radius 1 is 0.788 bits per heavy atom. The van der Waals surface area contributed by atoms with Crippen molar-refractivity contribution in [2.24, 2.45) is 0 Å². The van der Waals surface area contributed by atoms with E-state index < -0.39 is 5.54 Å². The first kappa shape index (κ1) is 32.8. The molecular formula is C40H37N9O3. The van der Waals surface area contributed by atoms with E-state index in [1.165, 1.54) is 6.33 Å². The van der Waals surface area contributed by atoms with Gasteiger partial charge in [0.05, 0.1) is 18.3 Å². The number of piperidine rings is 1. The van der Waals surface area contributed by atoms with Crippen molar-refractivity contribution in [2.45, 2.75) is 44.4 Å². The molecule has 1 aliphatic rings. The maximum atomic E-state index is 12.4. The van der Waals surface area contributed by atoms with Gasteiger partial charge in [0.2, 0.25) is 11.7 Å². The van der Waals surface area contributed by atoms with Gasteiger partial charge >= 0.3 is 6.09 Å². The summed E-state index contributed by atoms with van der Waals surface area (Å²) in [5, 5.41) is 19.6. The van der Waals surface area contributed by atoms with Gasteiger partial charge in [0.25, 0.3) is 0 Å². The van der Waals surface area contributed by atoms with Gasteiger partial charge in [0.1, 0.15) is 17.5 Å². The van der Waals surface area contributed by atoms with Gasteiger partial charge in [-0.2, -0.15) is 5.10 Å². The van der Waals surface area contributed by atoms with Crippen LogP contribution in [0.25, 0.3) is 22.4 Å². The summed E-state index contributed by atoms with van der Waals surface area (Å²) in [7, 11) is 0. The van der Waals surface area contributed by atoms with Gasteiger partial charge in [-0.15, -0.1) is 15.0 Å². The van der Waals surface area contributed by atoms with Crippen LogP contribution in [0.15, 0.2) is 128 Å². The molecule has 0 spiro atoms. The topological polar surface area (TPSA) is 126 Å². The number of carbonyl (C=O) groups is 1.